The van der Waals surface area contributed by atoms with E-state index in [2.05, 4.69) is 4.98 Å². The number of imidazole rings is 1. The smallest absolute Gasteiger partial charge is 0.250 e. The van der Waals surface area contributed by atoms with Crippen LogP contribution in [0.25, 0.3) is 0 Å². The first-order chi connectivity index (χ1) is 2.89. The van der Waals surface area contributed by atoms with Crippen LogP contribution in [0.2, 0.25) is 0 Å². The van der Waals surface area contributed by atoms with Crippen molar-refractivity contribution in [2.75, 3.05) is 0 Å². The molecule has 1 N–H and O–H groups in total. The summed E-state index contributed by atoms with van der Waals surface area (Å²) in [6.07, 6.45) is 5.69. The SMILES string of the molecule is C[n+]1cc[nH]c1.[Mo+4]. The summed E-state index contributed by atoms with van der Waals surface area (Å²) in [5, 5.41) is 0. The van der Waals surface area contributed by atoms with Crippen molar-refractivity contribution >= 4 is 0 Å². The molecule has 0 aromatic carbocycles. The number of hydrogen-bond acceptors (Lipinski definition) is 0. The number of aromatic amines is 1. The largest absolute Gasteiger partial charge is 4.00 e. The molecule has 1 heterocycles. The standard InChI is InChI=1S/C4H6N2.Mo/c1-6-3-2-5-4-6;/h2-4H,1H3;/q;+4/p+1. The maximum atomic E-state index is 2.89. The minimum atomic E-state index is 0. The zero-order valence-electron chi connectivity index (χ0n) is 4.09. The summed E-state index contributed by atoms with van der Waals surface area (Å²) < 4.78 is 1.94. The van der Waals surface area contributed by atoms with Crippen molar-refractivity contribution in [1.29, 1.82) is 0 Å². The average molecular weight is 179 g/mol. The van der Waals surface area contributed by atoms with E-state index in [1.165, 1.54) is 0 Å². The summed E-state index contributed by atoms with van der Waals surface area (Å²) in [5.74, 6) is 0. The van der Waals surface area contributed by atoms with Crippen molar-refractivity contribution < 1.29 is 25.6 Å². The van der Waals surface area contributed by atoms with Gasteiger partial charge in [-0.05, 0) is 0 Å². The molecule has 0 atom stereocenters. The van der Waals surface area contributed by atoms with Gasteiger partial charge in [0.1, 0.15) is 12.4 Å². The Bertz CT molecular complexity index is 113. The van der Waals surface area contributed by atoms with Gasteiger partial charge in [-0.1, -0.05) is 0 Å². The first-order valence-electron chi connectivity index (χ1n) is 1.87. The third-order valence-electron chi connectivity index (χ3n) is 0.684. The molecule has 0 fully saturated rings. The van der Waals surface area contributed by atoms with E-state index in [0.29, 0.717) is 0 Å². The monoisotopic (exact) mass is 181 g/mol. The zero-order valence-corrected chi connectivity index (χ0v) is 6.09. The van der Waals surface area contributed by atoms with Crippen LogP contribution in [0.1, 0.15) is 0 Å². The third kappa shape index (κ3) is 1.88. The Hall–Kier alpha value is -0.102. The molecule has 1 aromatic rings. The summed E-state index contributed by atoms with van der Waals surface area (Å²) in [7, 11) is 1.97. The van der Waals surface area contributed by atoms with E-state index in [1.807, 2.05) is 30.3 Å². The van der Waals surface area contributed by atoms with Crippen LogP contribution in [0.4, 0.5) is 0 Å². The second kappa shape index (κ2) is 2.97. The van der Waals surface area contributed by atoms with Gasteiger partial charge in [0, 0.05) is 0 Å². The normalized spacial score (nSPS) is 7.57. The molecule has 0 amide bonds. The van der Waals surface area contributed by atoms with Gasteiger partial charge in [-0.2, -0.15) is 0 Å². The summed E-state index contributed by atoms with van der Waals surface area (Å²) in [6.45, 7) is 0. The van der Waals surface area contributed by atoms with Crippen LogP contribution in [0.5, 0.6) is 0 Å². The van der Waals surface area contributed by atoms with Crippen LogP contribution in [-0.4, -0.2) is 4.98 Å². The van der Waals surface area contributed by atoms with Gasteiger partial charge in [0.05, 0.1) is 7.05 Å². The van der Waals surface area contributed by atoms with E-state index < -0.39 is 0 Å². The maximum Gasteiger partial charge on any atom is 4.00 e. The molecular formula is C4H7MoN2+5. The number of nitrogens with zero attached hydrogens (tertiary/aromatic N) is 1. The van der Waals surface area contributed by atoms with Crippen molar-refractivity contribution in [2.45, 2.75) is 0 Å². The topological polar surface area (TPSA) is 19.7 Å². The van der Waals surface area contributed by atoms with Gasteiger partial charge in [-0.25, -0.2) is 4.57 Å². The van der Waals surface area contributed by atoms with Crippen LogP contribution in [0.3, 0.4) is 0 Å². The van der Waals surface area contributed by atoms with E-state index in [0.717, 1.165) is 0 Å². The molecule has 0 unspecified atom stereocenters. The summed E-state index contributed by atoms with van der Waals surface area (Å²) >= 11 is 0. The summed E-state index contributed by atoms with van der Waals surface area (Å²) in [5.41, 5.74) is 0. The average Bonchev–Trinajstić information content (AvgIpc) is 1.86. The molecule has 1 aromatic heterocycles. The zero-order chi connectivity index (χ0) is 4.41. The Kier molecular flexibility index (Phi) is 2.93. The predicted molar refractivity (Wildman–Crippen MR) is 22.0 cm³/mol. The molecular weight excluding hydrogens is 172 g/mol. The fourth-order valence-electron chi connectivity index (χ4n) is 0.364. The quantitative estimate of drug-likeness (QED) is 0.421. The van der Waals surface area contributed by atoms with E-state index in [9.17, 15) is 0 Å². The van der Waals surface area contributed by atoms with Crippen molar-refractivity contribution in [2.24, 2.45) is 7.05 Å². The van der Waals surface area contributed by atoms with Gasteiger partial charge in [-0.15, -0.1) is 0 Å². The van der Waals surface area contributed by atoms with Gasteiger partial charge in [0.25, 0.3) is 0 Å². The summed E-state index contributed by atoms with van der Waals surface area (Å²) in [4.78, 5) is 2.89. The molecule has 0 aliphatic rings. The van der Waals surface area contributed by atoms with Gasteiger partial charge in [0.15, 0.2) is 0 Å². The Morgan fingerprint density at radius 3 is 2.43 bits per heavy atom. The first-order valence-corrected chi connectivity index (χ1v) is 1.87. The third-order valence-corrected chi connectivity index (χ3v) is 0.684. The fourth-order valence-corrected chi connectivity index (χ4v) is 0.364. The van der Waals surface area contributed by atoms with E-state index in [4.69, 9.17) is 0 Å². The Labute approximate surface area is 56.8 Å². The molecule has 0 bridgehead atoms. The number of H-pyrrole nitrogens is 1. The number of nitrogens with one attached hydrogen (secondary N) is 1. The van der Waals surface area contributed by atoms with Crippen molar-refractivity contribution in [3.05, 3.63) is 18.7 Å². The second-order valence-electron chi connectivity index (χ2n) is 1.28. The van der Waals surface area contributed by atoms with Crippen LogP contribution in [0.15, 0.2) is 18.7 Å². The summed E-state index contributed by atoms with van der Waals surface area (Å²) in [6, 6.07) is 0. The number of rotatable bonds is 0. The minimum Gasteiger partial charge on any atom is -0.250 e. The Morgan fingerprint density at radius 2 is 2.29 bits per heavy atom. The molecule has 34 valence electrons. The van der Waals surface area contributed by atoms with Gasteiger partial charge in [-0.3, -0.25) is 4.98 Å². The van der Waals surface area contributed by atoms with Crippen LogP contribution >= 0.6 is 0 Å². The second-order valence-corrected chi connectivity index (χ2v) is 1.28. The molecule has 0 spiro atoms. The Balaban J connectivity index is 0.000000360. The van der Waals surface area contributed by atoms with E-state index >= 15 is 0 Å². The van der Waals surface area contributed by atoms with Gasteiger partial charge >= 0.3 is 21.1 Å². The van der Waals surface area contributed by atoms with E-state index in [1.54, 1.807) is 0 Å². The van der Waals surface area contributed by atoms with Crippen molar-refractivity contribution in [3.63, 3.8) is 0 Å². The molecule has 0 radical (unpaired) electrons. The molecule has 3 heteroatoms. The maximum absolute atomic E-state index is 2.89. The molecule has 0 saturated heterocycles. The molecule has 1 rings (SSSR count). The van der Waals surface area contributed by atoms with Crippen LogP contribution in [-0.2, 0) is 28.1 Å². The number of hydrogen-bond donors (Lipinski definition) is 1. The first kappa shape index (κ1) is 6.90. The number of aromatic nitrogens is 2. The predicted octanol–water partition coefficient (Wildman–Crippen LogP) is -0.163. The minimum absolute atomic E-state index is 0. The van der Waals surface area contributed by atoms with Crippen LogP contribution < -0.4 is 4.57 Å². The van der Waals surface area contributed by atoms with E-state index in [-0.39, 0.29) is 21.1 Å². The van der Waals surface area contributed by atoms with Gasteiger partial charge < -0.3 is 0 Å². The fraction of sp³-hybridized carbons (Fsp3) is 0.250. The van der Waals surface area contributed by atoms with Crippen molar-refractivity contribution in [1.82, 2.24) is 4.98 Å². The molecule has 0 aliphatic carbocycles. The van der Waals surface area contributed by atoms with Crippen molar-refractivity contribution in [3.8, 4) is 0 Å². The number of aryl methyl sites for hydroxylation is 1. The molecule has 2 nitrogen and oxygen atoms in total. The molecule has 7 heavy (non-hydrogen) atoms. The van der Waals surface area contributed by atoms with Gasteiger partial charge in [0.2, 0.25) is 6.33 Å². The molecule has 0 saturated carbocycles. The van der Waals surface area contributed by atoms with Crippen LogP contribution in [0, 0.1) is 0 Å². The Morgan fingerprint density at radius 1 is 1.57 bits per heavy atom. The molecule has 0 aliphatic heterocycles.